The number of nitrogens with one attached hydrogen (secondary N) is 3. The highest BCUT2D eigenvalue weighted by molar-refractivity contribution is 5.97. The standard InChI is InChI=1S/C25H28N6O2/c1-4-14(2)33-23-17(15-7-9-31(3)10-8-15)5-6-19-22(23)30-24(29-19)20-21-18(13-28-25(20)32)16(11-26)12-27-21/h5-6,12-15,27H,4,7-10H2,1-3H3,(H,28,32)(H,29,30). The zero-order valence-electron chi connectivity index (χ0n) is 19.2. The molecule has 4 heterocycles. The first-order valence-corrected chi connectivity index (χ1v) is 11.5. The van der Waals surface area contributed by atoms with Crippen molar-refractivity contribution >= 4 is 21.9 Å². The van der Waals surface area contributed by atoms with Crippen molar-refractivity contribution in [3.63, 3.8) is 0 Å². The molecule has 5 rings (SSSR count). The number of H-pyrrole nitrogens is 3. The second-order valence-corrected chi connectivity index (χ2v) is 8.98. The van der Waals surface area contributed by atoms with Gasteiger partial charge in [-0.2, -0.15) is 5.26 Å². The van der Waals surface area contributed by atoms with Crippen LogP contribution in [-0.4, -0.2) is 51.1 Å². The maximum absolute atomic E-state index is 12.8. The van der Waals surface area contributed by atoms with Gasteiger partial charge in [-0.3, -0.25) is 4.79 Å². The molecule has 0 aliphatic carbocycles. The fourth-order valence-electron chi connectivity index (χ4n) is 4.67. The second-order valence-electron chi connectivity index (χ2n) is 8.98. The van der Waals surface area contributed by atoms with Crippen LogP contribution in [-0.2, 0) is 0 Å². The van der Waals surface area contributed by atoms with Gasteiger partial charge in [0.15, 0.2) is 5.75 Å². The average molecular weight is 445 g/mol. The van der Waals surface area contributed by atoms with E-state index in [1.54, 1.807) is 12.4 Å². The van der Waals surface area contributed by atoms with E-state index >= 15 is 0 Å². The molecule has 1 saturated heterocycles. The molecule has 33 heavy (non-hydrogen) atoms. The van der Waals surface area contributed by atoms with Crippen LogP contribution in [0.1, 0.15) is 50.2 Å². The quantitative estimate of drug-likeness (QED) is 0.426. The number of hydrogen-bond donors (Lipinski definition) is 3. The minimum absolute atomic E-state index is 0.0502. The Bertz CT molecular complexity index is 1410. The monoisotopic (exact) mass is 444 g/mol. The van der Waals surface area contributed by atoms with Crippen molar-refractivity contribution < 1.29 is 4.74 Å². The number of nitriles is 1. The van der Waals surface area contributed by atoms with Gasteiger partial charge in [-0.15, -0.1) is 0 Å². The topological polar surface area (TPSA) is 114 Å². The fraction of sp³-hybridized carbons (Fsp3) is 0.400. The molecule has 0 amide bonds. The van der Waals surface area contributed by atoms with Crippen LogP contribution in [0.15, 0.2) is 29.3 Å². The van der Waals surface area contributed by atoms with E-state index in [9.17, 15) is 10.1 Å². The molecule has 0 radical (unpaired) electrons. The summed E-state index contributed by atoms with van der Waals surface area (Å²) in [4.78, 5) is 29.2. The predicted octanol–water partition coefficient (Wildman–Crippen LogP) is 4.26. The summed E-state index contributed by atoms with van der Waals surface area (Å²) in [5.41, 5.74) is 3.94. The molecule has 1 aliphatic rings. The smallest absolute Gasteiger partial charge is 0.261 e. The predicted molar refractivity (Wildman–Crippen MR) is 129 cm³/mol. The minimum Gasteiger partial charge on any atom is -0.488 e. The number of nitrogens with zero attached hydrogens (tertiary/aromatic N) is 3. The lowest BCUT2D eigenvalue weighted by Crippen LogP contribution is -2.29. The Hall–Kier alpha value is -3.57. The number of aromatic nitrogens is 4. The van der Waals surface area contributed by atoms with Crippen LogP contribution in [0, 0.1) is 11.3 Å². The molecule has 8 heteroatoms. The van der Waals surface area contributed by atoms with Crippen LogP contribution in [0.3, 0.4) is 0 Å². The van der Waals surface area contributed by atoms with E-state index < -0.39 is 0 Å². The van der Waals surface area contributed by atoms with Crippen LogP contribution >= 0.6 is 0 Å². The van der Waals surface area contributed by atoms with Crippen molar-refractivity contribution in [1.29, 1.82) is 5.26 Å². The molecule has 1 aliphatic heterocycles. The number of rotatable bonds is 5. The van der Waals surface area contributed by atoms with Gasteiger partial charge in [0.05, 0.1) is 22.7 Å². The lowest BCUT2D eigenvalue weighted by Gasteiger charge is -2.30. The molecule has 1 fully saturated rings. The third-order valence-corrected chi connectivity index (χ3v) is 6.79. The van der Waals surface area contributed by atoms with Crippen molar-refractivity contribution in [1.82, 2.24) is 24.8 Å². The third-order valence-electron chi connectivity index (χ3n) is 6.79. The molecular weight excluding hydrogens is 416 g/mol. The number of aromatic amines is 3. The summed E-state index contributed by atoms with van der Waals surface area (Å²) in [6.45, 7) is 6.29. The first-order valence-electron chi connectivity index (χ1n) is 11.5. The summed E-state index contributed by atoms with van der Waals surface area (Å²) in [6.07, 6.45) is 6.27. The van der Waals surface area contributed by atoms with Crippen molar-refractivity contribution in [3.8, 4) is 23.2 Å². The molecule has 1 aromatic carbocycles. The highest BCUT2D eigenvalue weighted by Crippen LogP contribution is 2.40. The summed E-state index contributed by atoms with van der Waals surface area (Å²) in [5, 5.41) is 10.0. The maximum Gasteiger partial charge on any atom is 0.261 e. The molecule has 170 valence electrons. The van der Waals surface area contributed by atoms with Gasteiger partial charge in [0.1, 0.15) is 23.0 Å². The SMILES string of the molecule is CCC(C)Oc1c(C2CCN(C)CC2)ccc2[nH]c(-c3c(=O)[nH]cc4c(C#N)c[nH]c34)nc12. The second kappa shape index (κ2) is 8.41. The number of likely N-dealkylation sites (tertiary alicyclic amines) is 1. The molecule has 0 bridgehead atoms. The Morgan fingerprint density at radius 2 is 2.06 bits per heavy atom. The number of hydrogen-bond acceptors (Lipinski definition) is 5. The summed E-state index contributed by atoms with van der Waals surface area (Å²) < 4.78 is 6.44. The Balaban J connectivity index is 1.68. The summed E-state index contributed by atoms with van der Waals surface area (Å²) >= 11 is 0. The zero-order valence-corrected chi connectivity index (χ0v) is 19.2. The van der Waals surface area contributed by atoms with Gasteiger partial charge in [-0.05, 0) is 63.9 Å². The van der Waals surface area contributed by atoms with Crippen LogP contribution < -0.4 is 10.3 Å². The Morgan fingerprint density at radius 3 is 2.79 bits per heavy atom. The minimum atomic E-state index is -0.271. The molecule has 4 aromatic rings. The van der Waals surface area contributed by atoms with Crippen molar-refractivity contribution in [2.24, 2.45) is 0 Å². The van der Waals surface area contributed by atoms with E-state index in [-0.39, 0.29) is 11.7 Å². The molecule has 0 saturated carbocycles. The van der Waals surface area contributed by atoms with Gasteiger partial charge < -0.3 is 24.6 Å². The summed E-state index contributed by atoms with van der Waals surface area (Å²) in [6, 6.07) is 6.33. The van der Waals surface area contributed by atoms with Crippen LogP contribution in [0.25, 0.3) is 33.3 Å². The molecule has 3 N–H and O–H groups in total. The van der Waals surface area contributed by atoms with E-state index in [1.165, 1.54) is 5.56 Å². The first kappa shape index (κ1) is 21.3. The third kappa shape index (κ3) is 3.68. The van der Waals surface area contributed by atoms with Crippen molar-refractivity contribution in [3.05, 3.63) is 46.0 Å². The van der Waals surface area contributed by atoms with Gasteiger partial charge in [0.2, 0.25) is 0 Å². The molecule has 8 nitrogen and oxygen atoms in total. The number of imidazole rings is 1. The Morgan fingerprint density at radius 1 is 1.27 bits per heavy atom. The van der Waals surface area contributed by atoms with E-state index in [2.05, 4.69) is 52.9 Å². The Kier molecular flexibility index (Phi) is 5.43. The highest BCUT2D eigenvalue weighted by Gasteiger charge is 2.26. The van der Waals surface area contributed by atoms with Crippen LogP contribution in [0.5, 0.6) is 5.75 Å². The number of benzene rings is 1. The van der Waals surface area contributed by atoms with Gasteiger partial charge in [-0.1, -0.05) is 13.0 Å². The number of pyridine rings is 1. The highest BCUT2D eigenvalue weighted by atomic mass is 16.5. The lowest BCUT2D eigenvalue weighted by molar-refractivity contribution is 0.210. The van der Waals surface area contributed by atoms with Gasteiger partial charge in [0.25, 0.3) is 5.56 Å². The zero-order chi connectivity index (χ0) is 23.1. The maximum atomic E-state index is 12.8. The lowest BCUT2D eigenvalue weighted by atomic mass is 9.88. The average Bonchev–Trinajstić information content (AvgIpc) is 3.44. The van der Waals surface area contributed by atoms with E-state index in [0.29, 0.717) is 33.8 Å². The first-order chi connectivity index (χ1) is 16.0. The van der Waals surface area contributed by atoms with Crippen molar-refractivity contribution in [2.45, 2.75) is 45.1 Å². The van der Waals surface area contributed by atoms with Gasteiger partial charge in [-0.25, -0.2) is 4.98 Å². The van der Waals surface area contributed by atoms with Gasteiger partial charge in [0, 0.05) is 17.8 Å². The van der Waals surface area contributed by atoms with E-state index in [1.807, 2.05) is 6.07 Å². The number of fused-ring (bicyclic) bond motifs is 2. The number of ether oxygens (including phenoxy) is 1. The molecule has 0 spiro atoms. The summed E-state index contributed by atoms with van der Waals surface area (Å²) in [5.74, 6) is 1.68. The van der Waals surface area contributed by atoms with Crippen LogP contribution in [0.2, 0.25) is 0 Å². The van der Waals surface area contributed by atoms with Crippen molar-refractivity contribution in [2.75, 3.05) is 20.1 Å². The molecule has 3 aromatic heterocycles. The molecule has 1 unspecified atom stereocenters. The molecular formula is C25H28N6O2. The van der Waals surface area contributed by atoms with E-state index in [4.69, 9.17) is 9.72 Å². The molecule has 1 atom stereocenters. The normalized spacial score (nSPS) is 16.3. The Labute approximate surface area is 191 Å². The van der Waals surface area contributed by atoms with E-state index in [0.717, 1.165) is 49.1 Å². The van der Waals surface area contributed by atoms with Gasteiger partial charge >= 0.3 is 0 Å². The number of piperidine rings is 1. The summed E-state index contributed by atoms with van der Waals surface area (Å²) in [7, 11) is 2.16. The fourth-order valence-corrected chi connectivity index (χ4v) is 4.67. The largest absolute Gasteiger partial charge is 0.488 e. The van der Waals surface area contributed by atoms with Crippen LogP contribution in [0.4, 0.5) is 0 Å².